The Bertz CT molecular complexity index is 980. The van der Waals surface area contributed by atoms with E-state index in [0.717, 1.165) is 24.1 Å². The summed E-state index contributed by atoms with van der Waals surface area (Å²) < 4.78 is 11.4. The van der Waals surface area contributed by atoms with Crippen molar-refractivity contribution in [1.29, 1.82) is 0 Å². The lowest BCUT2D eigenvalue weighted by atomic mass is 10.1. The first-order valence-electron chi connectivity index (χ1n) is 9.13. The normalized spacial score (nSPS) is 10.4. The van der Waals surface area contributed by atoms with Gasteiger partial charge in [0.05, 0.1) is 17.2 Å². The predicted molar refractivity (Wildman–Crippen MR) is 124 cm³/mol. The highest BCUT2D eigenvalue weighted by Crippen LogP contribution is 2.30. The molecule has 0 fully saturated rings. The van der Waals surface area contributed by atoms with Crippen LogP contribution in [-0.2, 0) is 13.0 Å². The average molecular weight is 446 g/mol. The molecule has 3 aromatic rings. The van der Waals surface area contributed by atoms with Crippen molar-refractivity contribution in [2.24, 2.45) is 0 Å². The molecule has 0 saturated heterocycles. The van der Waals surface area contributed by atoms with Gasteiger partial charge in [-0.3, -0.25) is 0 Å². The number of rotatable bonds is 8. The summed E-state index contributed by atoms with van der Waals surface area (Å²) in [5.74, 6) is 1.25. The van der Waals surface area contributed by atoms with Gasteiger partial charge in [0, 0.05) is 12.1 Å². The van der Waals surface area contributed by atoms with E-state index >= 15 is 0 Å². The van der Waals surface area contributed by atoms with Gasteiger partial charge in [0.15, 0.2) is 11.5 Å². The van der Waals surface area contributed by atoms with E-state index in [9.17, 15) is 0 Å². The Morgan fingerprint density at radius 3 is 2.41 bits per heavy atom. The lowest BCUT2D eigenvalue weighted by molar-refractivity contribution is 0.284. The molecule has 0 bridgehead atoms. The van der Waals surface area contributed by atoms with Gasteiger partial charge in [0.25, 0.3) is 0 Å². The predicted octanol–water partition coefficient (Wildman–Crippen LogP) is 6.09. The molecule has 29 heavy (non-hydrogen) atoms. The lowest BCUT2D eigenvalue weighted by Gasteiger charge is -2.14. The van der Waals surface area contributed by atoms with Gasteiger partial charge in [-0.1, -0.05) is 71.8 Å². The molecule has 0 spiro atoms. The highest BCUT2D eigenvalue weighted by Gasteiger charge is 2.10. The quantitative estimate of drug-likeness (QED) is 0.425. The number of hydrogen-bond acceptors (Lipinski definition) is 3. The van der Waals surface area contributed by atoms with Crippen molar-refractivity contribution in [2.45, 2.75) is 13.0 Å². The molecule has 0 aliphatic heterocycles. The fraction of sp³-hybridized carbons (Fsp3) is 0.174. The van der Waals surface area contributed by atoms with Gasteiger partial charge in [-0.25, -0.2) is 0 Å². The van der Waals surface area contributed by atoms with Crippen LogP contribution < -0.4 is 14.8 Å². The minimum absolute atomic E-state index is 0.354. The van der Waals surface area contributed by atoms with E-state index < -0.39 is 0 Å². The summed E-state index contributed by atoms with van der Waals surface area (Å²) in [6.45, 7) is 1.12. The minimum Gasteiger partial charge on any atom is -0.493 e. The highest BCUT2D eigenvalue weighted by atomic mass is 35.5. The van der Waals surface area contributed by atoms with Crippen LogP contribution >= 0.6 is 35.4 Å². The molecule has 0 heterocycles. The number of benzene rings is 3. The van der Waals surface area contributed by atoms with Crippen molar-refractivity contribution < 1.29 is 9.47 Å². The van der Waals surface area contributed by atoms with Gasteiger partial charge in [-0.2, -0.15) is 0 Å². The van der Waals surface area contributed by atoms with Crippen LogP contribution in [0.25, 0.3) is 0 Å². The first-order chi connectivity index (χ1) is 14.1. The van der Waals surface area contributed by atoms with Crippen molar-refractivity contribution in [3.63, 3.8) is 0 Å². The molecule has 0 aromatic heterocycles. The van der Waals surface area contributed by atoms with Crippen LogP contribution in [0.1, 0.15) is 16.7 Å². The Balaban J connectivity index is 1.60. The number of thiocarbonyl (C=S) groups is 1. The molecule has 3 nitrogen and oxygen atoms in total. The Hall–Kier alpha value is -2.27. The zero-order chi connectivity index (χ0) is 20.6. The standard InChI is InChI=1S/C23H21Cl2NO2S/c1-27-22-14-18(23(29)26-12-11-16-5-3-2-4-6-16)8-10-21(22)28-15-17-7-9-19(24)20(25)13-17/h2-10,13-14H,11-12,15H2,1H3,(H,26,29). The maximum absolute atomic E-state index is 6.06. The third-order valence-corrected chi connectivity index (χ3v) is 5.47. The zero-order valence-corrected chi connectivity index (χ0v) is 18.3. The van der Waals surface area contributed by atoms with Gasteiger partial charge in [0.2, 0.25) is 0 Å². The summed E-state index contributed by atoms with van der Waals surface area (Å²) in [6.07, 6.45) is 0.906. The largest absolute Gasteiger partial charge is 0.493 e. The first-order valence-corrected chi connectivity index (χ1v) is 10.3. The van der Waals surface area contributed by atoms with Crippen LogP contribution in [0.2, 0.25) is 10.0 Å². The second-order valence-electron chi connectivity index (χ2n) is 6.39. The van der Waals surface area contributed by atoms with E-state index in [0.29, 0.717) is 33.1 Å². The van der Waals surface area contributed by atoms with Gasteiger partial charge in [0.1, 0.15) is 11.6 Å². The zero-order valence-electron chi connectivity index (χ0n) is 16.0. The maximum atomic E-state index is 6.06. The van der Waals surface area contributed by atoms with Crippen LogP contribution in [0.4, 0.5) is 0 Å². The van der Waals surface area contributed by atoms with Crippen molar-refractivity contribution in [2.75, 3.05) is 13.7 Å². The molecule has 150 valence electrons. The van der Waals surface area contributed by atoms with E-state index in [4.69, 9.17) is 44.9 Å². The Kier molecular flexibility index (Phi) is 7.76. The summed E-state index contributed by atoms with van der Waals surface area (Å²) in [7, 11) is 1.61. The highest BCUT2D eigenvalue weighted by molar-refractivity contribution is 7.80. The molecule has 3 rings (SSSR count). The molecule has 0 aliphatic carbocycles. The second-order valence-corrected chi connectivity index (χ2v) is 7.62. The molecule has 0 amide bonds. The van der Waals surface area contributed by atoms with Crippen LogP contribution in [0.15, 0.2) is 66.7 Å². The van der Waals surface area contributed by atoms with E-state index in [1.54, 1.807) is 19.2 Å². The Morgan fingerprint density at radius 1 is 0.897 bits per heavy atom. The van der Waals surface area contributed by atoms with Crippen molar-refractivity contribution in [3.05, 3.63) is 93.5 Å². The number of nitrogens with one attached hydrogen (secondary N) is 1. The molecule has 0 aliphatic rings. The van der Waals surface area contributed by atoms with E-state index in [1.807, 2.05) is 42.5 Å². The second kappa shape index (κ2) is 10.5. The molecule has 1 N–H and O–H groups in total. The molecule has 3 aromatic carbocycles. The molecule has 0 radical (unpaired) electrons. The summed E-state index contributed by atoms with van der Waals surface area (Å²) in [5.41, 5.74) is 3.07. The van der Waals surface area contributed by atoms with E-state index in [2.05, 4.69) is 17.4 Å². The van der Waals surface area contributed by atoms with E-state index in [-0.39, 0.29) is 0 Å². The molecular weight excluding hydrogens is 425 g/mol. The first kappa shape index (κ1) is 21.4. The minimum atomic E-state index is 0.354. The van der Waals surface area contributed by atoms with Crippen molar-refractivity contribution >= 4 is 40.4 Å². The summed E-state index contributed by atoms with van der Waals surface area (Å²) in [4.78, 5) is 0.676. The number of methoxy groups -OCH3 is 1. The summed E-state index contributed by atoms with van der Waals surface area (Å²) in [6, 6.07) is 21.4. The monoisotopic (exact) mass is 445 g/mol. The van der Waals surface area contributed by atoms with Gasteiger partial charge < -0.3 is 14.8 Å². The Morgan fingerprint density at radius 2 is 1.69 bits per heavy atom. The van der Waals surface area contributed by atoms with Gasteiger partial charge >= 0.3 is 0 Å². The van der Waals surface area contributed by atoms with Crippen molar-refractivity contribution in [3.8, 4) is 11.5 Å². The molecule has 0 unspecified atom stereocenters. The summed E-state index contributed by atoms with van der Waals surface area (Å²) >= 11 is 17.5. The number of halogens is 2. The SMILES string of the molecule is COc1cc(C(=S)NCCc2ccccc2)ccc1OCc1ccc(Cl)c(Cl)c1. The third-order valence-electron chi connectivity index (χ3n) is 4.35. The fourth-order valence-electron chi connectivity index (χ4n) is 2.79. The lowest BCUT2D eigenvalue weighted by Crippen LogP contribution is -2.24. The van der Waals surface area contributed by atoms with Crippen LogP contribution in [0.3, 0.4) is 0 Å². The fourth-order valence-corrected chi connectivity index (χ4v) is 3.34. The smallest absolute Gasteiger partial charge is 0.161 e. The average Bonchev–Trinajstić information content (AvgIpc) is 2.75. The molecule has 0 saturated carbocycles. The topological polar surface area (TPSA) is 30.5 Å². The third kappa shape index (κ3) is 6.10. The molecule has 6 heteroatoms. The van der Waals surface area contributed by atoms with Gasteiger partial charge in [-0.05, 0) is 47.9 Å². The number of ether oxygens (including phenoxy) is 2. The summed E-state index contributed by atoms with van der Waals surface area (Å²) in [5, 5.41) is 4.32. The molecular formula is C23H21Cl2NO2S. The van der Waals surface area contributed by atoms with E-state index in [1.165, 1.54) is 5.56 Å². The van der Waals surface area contributed by atoms with Crippen molar-refractivity contribution in [1.82, 2.24) is 5.32 Å². The van der Waals surface area contributed by atoms with Gasteiger partial charge in [-0.15, -0.1) is 0 Å². The van der Waals surface area contributed by atoms with Crippen LogP contribution in [0.5, 0.6) is 11.5 Å². The maximum Gasteiger partial charge on any atom is 0.161 e. The van der Waals surface area contributed by atoms with Crippen LogP contribution in [-0.4, -0.2) is 18.6 Å². The van der Waals surface area contributed by atoms with Crippen LogP contribution in [0, 0.1) is 0 Å². The Labute approximate surface area is 186 Å². The number of hydrogen-bond donors (Lipinski definition) is 1. The molecule has 0 atom stereocenters.